The molecular weight excluding hydrogens is 422 g/mol. The fourth-order valence-corrected chi connectivity index (χ4v) is 3.41. The van der Waals surface area contributed by atoms with Crippen LogP contribution in [0.3, 0.4) is 0 Å². The van der Waals surface area contributed by atoms with E-state index < -0.39 is 11.9 Å². The Kier molecular flexibility index (Phi) is 6.54. The van der Waals surface area contributed by atoms with Gasteiger partial charge in [0.2, 0.25) is 11.9 Å². The minimum atomic E-state index is -0.527. The Morgan fingerprint density at radius 2 is 1.64 bits per heavy atom. The third-order valence-corrected chi connectivity index (χ3v) is 5.04. The zero-order valence-corrected chi connectivity index (χ0v) is 18.2. The smallest absolute Gasteiger partial charge is 0.257 e. The van der Waals surface area contributed by atoms with Gasteiger partial charge in [-0.2, -0.15) is 0 Å². The number of rotatable bonds is 6. The molecule has 0 radical (unpaired) electrons. The predicted octanol–water partition coefficient (Wildman–Crippen LogP) is 3.84. The molecule has 8 nitrogen and oxygen atoms in total. The molecular formula is C25H23N3O5. The Hall–Kier alpha value is -4.33. The van der Waals surface area contributed by atoms with Gasteiger partial charge >= 0.3 is 0 Å². The number of guanidine groups is 1. The van der Waals surface area contributed by atoms with Crippen LogP contribution < -0.4 is 24.8 Å². The highest BCUT2D eigenvalue weighted by Crippen LogP contribution is 2.34. The van der Waals surface area contributed by atoms with Crippen LogP contribution in [0.1, 0.15) is 28.4 Å². The SMILES string of the molecule is COc1ccc(OC)c(C2CC(=O)NC(NC(=O)c3ccc(Oc4ccccc4)cc3)=N2)c1. The van der Waals surface area contributed by atoms with Gasteiger partial charge in [0.05, 0.1) is 26.7 Å². The summed E-state index contributed by atoms with van der Waals surface area (Å²) < 4.78 is 16.4. The van der Waals surface area contributed by atoms with E-state index in [0.717, 1.165) is 0 Å². The van der Waals surface area contributed by atoms with Gasteiger partial charge in [0.25, 0.3) is 5.91 Å². The molecule has 1 unspecified atom stereocenters. The van der Waals surface area contributed by atoms with Gasteiger partial charge in [0.15, 0.2) is 0 Å². The highest BCUT2D eigenvalue weighted by atomic mass is 16.5. The second kappa shape index (κ2) is 9.86. The first-order valence-corrected chi connectivity index (χ1v) is 10.3. The second-order valence-electron chi connectivity index (χ2n) is 7.25. The quantitative estimate of drug-likeness (QED) is 0.601. The van der Waals surface area contributed by atoms with Crippen molar-refractivity contribution in [3.8, 4) is 23.0 Å². The van der Waals surface area contributed by atoms with Gasteiger partial charge in [-0.1, -0.05) is 18.2 Å². The molecule has 168 valence electrons. The molecule has 1 aliphatic heterocycles. The summed E-state index contributed by atoms with van der Waals surface area (Å²) in [6.07, 6.45) is 0.119. The minimum Gasteiger partial charge on any atom is -0.497 e. The number of carbonyl (C=O) groups excluding carboxylic acids is 2. The molecule has 0 aromatic heterocycles. The molecule has 33 heavy (non-hydrogen) atoms. The number of amides is 2. The van der Waals surface area contributed by atoms with E-state index in [1.807, 2.05) is 30.3 Å². The van der Waals surface area contributed by atoms with E-state index in [1.54, 1.807) is 56.7 Å². The molecule has 0 aliphatic carbocycles. The molecule has 2 amide bonds. The molecule has 1 aliphatic rings. The molecule has 3 aromatic rings. The normalized spacial score (nSPS) is 15.2. The van der Waals surface area contributed by atoms with Crippen molar-refractivity contribution >= 4 is 17.8 Å². The van der Waals surface area contributed by atoms with E-state index in [0.29, 0.717) is 34.1 Å². The molecule has 1 heterocycles. The number of hydrogen-bond acceptors (Lipinski definition) is 6. The number of nitrogens with zero attached hydrogens (tertiary/aromatic N) is 1. The first-order chi connectivity index (χ1) is 16.1. The lowest BCUT2D eigenvalue weighted by atomic mass is 10.0. The van der Waals surface area contributed by atoms with Gasteiger partial charge in [-0.25, -0.2) is 4.99 Å². The summed E-state index contributed by atoms with van der Waals surface area (Å²) in [5.74, 6) is 1.92. The summed E-state index contributed by atoms with van der Waals surface area (Å²) in [7, 11) is 3.11. The van der Waals surface area contributed by atoms with Gasteiger partial charge < -0.3 is 14.2 Å². The summed E-state index contributed by atoms with van der Waals surface area (Å²) in [4.78, 5) is 29.6. The lowest BCUT2D eigenvalue weighted by Gasteiger charge is -2.23. The summed E-state index contributed by atoms with van der Waals surface area (Å²) in [6.45, 7) is 0. The maximum Gasteiger partial charge on any atom is 0.257 e. The van der Waals surface area contributed by atoms with Crippen molar-refractivity contribution < 1.29 is 23.8 Å². The Bertz CT molecular complexity index is 1180. The van der Waals surface area contributed by atoms with E-state index in [2.05, 4.69) is 15.6 Å². The van der Waals surface area contributed by atoms with Gasteiger partial charge in [0.1, 0.15) is 23.0 Å². The van der Waals surface area contributed by atoms with Crippen LogP contribution in [0.5, 0.6) is 23.0 Å². The Balaban J connectivity index is 1.49. The van der Waals surface area contributed by atoms with Crippen LogP contribution in [-0.4, -0.2) is 32.0 Å². The molecule has 0 saturated carbocycles. The lowest BCUT2D eigenvalue weighted by Crippen LogP contribution is -2.47. The van der Waals surface area contributed by atoms with E-state index in [-0.39, 0.29) is 18.3 Å². The maximum absolute atomic E-state index is 12.7. The zero-order chi connectivity index (χ0) is 23.2. The highest BCUT2D eigenvalue weighted by Gasteiger charge is 2.26. The standard InChI is InChI=1S/C25H23N3O5/c1-31-19-12-13-22(32-2)20(14-19)21-15-23(29)27-25(26-21)28-24(30)16-8-10-18(11-9-16)33-17-6-4-3-5-7-17/h3-14,21H,15H2,1-2H3,(H2,26,27,28,29,30). The number of carbonyl (C=O) groups is 2. The van der Waals surface area contributed by atoms with Gasteiger partial charge in [-0.05, 0) is 54.6 Å². The highest BCUT2D eigenvalue weighted by molar-refractivity contribution is 6.10. The number of hydrogen-bond donors (Lipinski definition) is 2. The van der Waals surface area contributed by atoms with Gasteiger partial charge in [-0.15, -0.1) is 0 Å². The minimum absolute atomic E-state index is 0.0794. The number of benzene rings is 3. The van der Waals surface area contributed by atoms with Crippen molar-refractivity contribution in [1.29, 1.82) is 0 Å². The van der Waals surface area contributed by atoms with Crippen LogP contribution in [0.15, 0.2) is 77.8 Å². The lowest BCUT2D eigenvalue weighted by molar-refractivity contribution is -0.120. The number of ether oxygens (including phenoxy) is 3. The Morgan fingerprint density at radius 1 is 0.939 bits per heavy atom. The largest absolute Gasteiger partial charge is 0.497 e. The topological polar surface area (TPSA) is 98.2 Å². The Morgan fingerprint density at radius 3 is 2.33 bits per heavy atom. The molecule has 0 bridgehead atoms. The van der Waals surface area contributed by atoms with E-state index in [9.17, 15) is 9.59 Å². The number of para-hydroxylation sites is 1. The van der Waals surface area contributed by atoms with Crippen LogP contribution in [0.2, 0.25) is 0 Å². The number of aliphatic imine (C=N–C) groups is 1. The van der Waals surface area contributed by atoms with Gasteiger partial charge in [0, 0.05) is 11.1 Å². The molecule has 1 atom stereocenters. The monoisotopic (exact) mass is 445 g/mol. The predicted molar refractivity (Wildman–Crippen MR) is 123 cm³/mol. The van der Waals surface area contributed by atoms with E-state index >= 15 is 0 Å². The molecule has 2 N–H and O–H groups in total. The number of nitrogens with one attached hydrogen (secondary N) is 2. The number of methoxy groups -OCH3 is 2. The van der Waals surface area contributed by atoms with Crippen molar-refractivity contribution in [2.24, 2.45) is 4.99 Å². The Labute approximate surface area is 191 Å². The van der Waals surface area contributed by atoms with Crippen LogP contribution in [-0.2, 0) is 4.79 Å². The average Bonchev–Trinajstić information content (AvgIpc) is 2.84. The van der Waals surface area contributed by atoms with Crippen LogP contribution in [0.25, 0.3) is 0 Å². The molecule has 4 rings (SSSR count). The van der Waals surface area contributed by atoms with Crippen molar-refractivity contribution in [3.05, 3.63) is 83.9 Å². The fraction of sp³-hybridized carbons (Fsp3) is 0.160. The summed E-state index contributed by atoms with van der Waals surface area (Å²) in [5, 5.41) is 5.28. The molecule has 8 heteroatoms. The summed E-state index contributed by atoms with van der Waals surface area (Å²) in [6, 6.07) is 20.8. The summed E-state index contributed by atoms with van der Waals surface area (Å²) >= 11 is 0. The van der Waals surface area contributed by atoms with Gasteiger partial charge in [-0.3, -0.25) is 20.2 Å². The van der Waals surface area contributed by atoms with Crippen molar-refractivity contribution in [1.82, 2.24) is 10.6 Å². The third kappa shape index (κ3) is 5.30. The first kappa shape index (κ1) is 21.9. The van der Waals surface area contributed by atoms with E-state index in [4.69, 9.17) is 14.2 Å². The molecule has 3 aromatic carbocycles. The molecule has 0 spiro atoms. The zero-order valence-electron chi connectivity index (χ0n) is 18.2. The molecule has 0 fully saturated rings. The van der Waals surface area contributed by atoms with Crippen molar-refractivity contribution in [2.75, 3.05) is 14.2 Å². The van der Waals surface area contributed by atoms with Crippen molar-refractivity contribution in [3.63, 3.8) is 0 Å². The molecule has 0 saturated heterocycles. The second-order valence-corrected chi connectivity index (χ2v) is 7.25. The van der Waals surface area contributed by atoms with Crippen LogP contribution in [0, 0.1) is 0 Å². The van der Waals surface area contributed by atoms with E-state index in [1.165, 1.54) is 0 Å². The van der Waals surface area contributed by atoms with Crippen LogP contribution >= 0.6 is 0 Å². The van der Waals surface area contributed by atoms with Crippen molar-refractivity contribution in [2.45, 2.75) is 12.5 Å². The maximum atomic E-state index is 12.7. The first-order valence-electron chi connectivity index (χ1n) is 10.3. The summed E-state index contributed by atoms with van der Waals surface area (Å²) in [5.41, 5.74) is 1.09. The fourth-order valence-electron chi connectivity index (χ4n) is 3.41. The third-order valence-electron chi connectivity index (χ3n) is 5.04. The van der Waals surface area contributed by atoms with Crippen LogP contribution in [0.4, 0.5) is 0 Å². The average molecular weight is 445 g/mol.